The lowest BCUT2D eigenvalue weighted by Crippen LogP contribution is -1.96. The summed E-state index contributed by atoms with van der Waals surface area (Å²) in [5.74, 6) is 4.20. The van der Waals surface area contributed by atoms with Crippen molar-refractivity contribution in [3.63, 3.8) is 0 Å². The highest BCUT2D eigenvalue weighted by molar-refractivity contribution is 6.30. The molecule has 94 valence electrons. The van der Waals surface area contributed by atoms with Gasteiger partial charge in [0.05, 0.1) is 5.02 Å². The predicted molar refractivity (Wildman–Crippen MR) is 73.8 cm³/mol. The standard InChI is InChI=1S/C16H10ClFO/c1-11-3-2-4-12(9-11)5-8-16(19)13-6-7-14(17)15(18)10-13/h2-4,6-7,9-10H,1H3. The van der Waals surface area contributed by atoms with Gasteiger partial charge in [-0.15, -0.1) is 0 Å². The number of Topliss-reactive ketones (excluding diaryl/α,β-unsaturated/α-hetero) is 1. The van der Waals surface area contributed by atoms with Crippen LogP contribution in [-0.4, -0.2) is 5.78 Å². The van der Waals surface area contributed by atoms with Gasteiger partial charge in [0, 0.05) is 11.1 Å². The van der Waals surface area contributed by atoms with Crippen LogP contribution in [0.3, 0.4) is 0 Å². The quantitative estimate of drug-likeness (QED) is 0.566. The number of aryl methyl sites for hydroxylation is 1. The summed E-state index contributed by atoms with van der Waals surface area (Å²) in [5, 5.41) is -0.0109. The first-order valence-electron chi connectivity index (χ1n) is 5.64. The third-order valence-corrected chi connectivity index (χ3v) is 2.83. The fourth-order valence-electron chi connectivity index (χ4n) is 1.56. The van der Waals surface area contributed by atoms with Crippen molar-refractivity contribution < 1.29 is 9.18 Å². The van der Waals surface area contributed by atoms with Crippen LogP contribution in [0.25, 0.3) is 0 Å². The van der Waals surface area contributed by atoms with Crippen LogP contribution < -0.4 is 0 Å². The third-order valence-electron chi connectivity index (χ3n) is 2.52. The van der Waals surface area contributed by atoms with Gasteiger partial charge in [0.2, 0.25) is 5.78 Å². The third kappa shape index (κ3) is 3.43. The maximum absolute atomic E-state index is 13.2. The summed E-state index contributed by atoms with van der Waals surface area (Å²) in [6.45, 7) is 1.95. The van der Waals surface area contributed by atoms with Crippen LogP contribution in [0.15, 0.2) is 42.5 Å². The van der Waals surface area contributed by atoms with E-state index in [0.717, 1.165) is 17.2 Å². The van der Waals surface area contributed by atoms with E-state index in [1.807, 2.05) is 31.2 Å². The van der Waals surface area contributed by atoms with Gasteiger partial charge in [-0.3, -0.25) is 4.79 Å². The average molecular weight is 273 g/mol. The van der Waals surface area contributed by atoms with E-state index in [9.17, 15) is 9.18 Å². The van der Waals surface area contributed by atoms with Gasteiger partial charge in [-0.25, -0.2) is 4.39 Å². The van der Waals surface area contributed by atoms with Crippen molar-refractivity contribution in [2.75, 3.05) is 0 Å². The maximum atomic E-state index is 13.2. The van der Waals surface area contributed by atoms with Crippen LogP contribution in [0.2, 0.25) is 5.02 Å². The molecule has 0 aromatic heterocycles. The van der Waals surface area contributed by atoms with E-state index < -0.39 is 11.6 Å². The van der Waals surface area contributed by atoms with Crippen molar-refractivity contribution in [1.82, 2.24) is 0 Å². The van der Waals surface area contributed by atoms with Crippen molar-refractivity contribution in [1.29, 1.82) is 0 Å². The fraction of sp³-hybridized carbons (Fsp3) is 0.0625. The van der Waals surface area contributed by atoms with E-state index >= 15 is 0 Å². The molecule has 0 aliphatic heterocycles. The second kappa shape index (κ2) is 5.69. The summed E-state index contributed by atoms with van der Waals surface area (Å²) in [4.78, 5) is 11.8. The monoisotopic (exact) mass is 272 g/mol. The minimum absolute atomic E-state index is 0.0109. The Morgan fingerprint density at radius 3 is 2.68 bits per heavy atom. The molecule has 0 amide bonds. The van der Waals surface area contributed by atoms with Gasteiger partial charge < -0.3 is 0 Å². The van der Waals surface area contributed by atoms with Gasteiger partial charge >= 0.3 is 0 Å². The minimum Gasteiger partial charge on any atom is -0.279 e. The normalized spacial score (nSPS) is 9.63. The molecule has 0 heterocycles. The van der Waals surface area contributed by atoms with Crippen molar-refractivity contribution >= 4 is 17.4 Å². The van der Waals surface area contributed by atoms with Gasteiger partial charge in [0.1, 0.15) is 5.82 Å². The molecule has 1 nitrogen and oxygen atoms in total. The lowest BCUT2D eigenvalue weighted by molar-refractivity contribution is 0.105. The Bertz CT molecular complexity index is 695. The zero-order chi connectivity index (χ0) is 13.8. The molecular formula is C16H10ClFO. The second-order valence-electron chi connectivity index (χ2n) is 4.08. The maximum Gasteiger partial charge on any atom is 0.236 e. The molecule has 0 fully saturated rings. The van der Waals surface area contributed by atoms with E-state index in [1.165, 1.54) is 12.1 Å². The molecule has 0 spiro atoms. The average Bonchev–Trinajstić information content (AvgIpc) is 2.39. The number of hydrogen-bond donors (Lipinski definition) is 0. The molecular weight excluding hydrogens is 263 g/mol. The minimum atomic E-state index is -0.620. The highest BCUT2D eigenvalue weighted by atomic mass is 35.5. The Kier molecular flexibility index (Phi) is 3.99. The van der Waals surface area contributed by atoms with Crippen LogP contribution in [-0.2, 0) is 0 Å². The molecule has 2 aromatic carbocycles. The number of halogens is 2. The van der Waals surface area contributed by atoms with Crippen molar-refractivity contribution in [2.24, 2.45) is 0 Å². The molecule has 0 bridgehead atoms. The second-order valence-corrected chi connectivity index (χ2v) is 4.48. The Morgan fingerprint density at radius 1 is 1.21 bits per heavy atom. The molecule has 0 aliphatic rings. The highest BCUT2D eigenvalue weighted by Crippen LogP contribution is 2.15. The molecule has 0 atom stereocenters. The topological polar surface area (TPSA) is 17.1 Å². The number of hydrogen-bond acceptors (Lipinski definition) is 1. The molecule has 0 unspecified atom stereocenters. The van der Waals surface area contributed by atoms with Crippen molar-refractivity contribution in [3.8, 4) is 11.8 Å². The van der Waals surface area contributed by atoms with Gasteiger partial charge in [0.15, 0.2) is 0 Å². The largest absolute Gasteiger partial charge is 0.279 e. The summed E-state index contributed by atoms with van der Waals surface area (Å²) in [6.07, 6.45) is 0. The summed E-state index contributed by atoms with van der Waals surface area (Å²) >= 11 is 5.55. The summed E-state index contributed by atoms with van der Waals surface area (Å²) < 4.78 is 13.2. The van der Waals surface area contributed by atoms with Crippen LogP contribution >= 0.6 is 11.6 Å². The Labute approximate surface area is 116 Å². The Morgan fingerprint density at radius 2 is 2.00 bits per heavy atom. The summed E-state index contributed by atoms with van der Waals surface area (Å²) in [6, 6.07) is 11.4. The van der Waals surface area contributed by atoms with Crippen LogP contribution in [0.4, 0.5) is 4.39 Å². The molecule has 19 heavy (non-hydrogen) atoms. The van der Waals surface area contributed by atoms with Gasteiger partial charge in [-0.05, 0) is 48.7 Å². The molecule has 2 aromatic rings. The first-order valence-corrected chi connectivity index (χ1v) is 6.02. The van der Waals surface area contributed by atoms with Crippen molar-refractivity contribution in [3.05, 3.63) is 70.0 Å². The molecule has 0 N–H and O–H groups in total. The van der Waals surface area contributed by atoms with E-state index in [1.54, 1.807) is 0 Å². The summed E-state index contributed by atoms with van der Waals surface area (Å²) in [5.41, 5.74) is 2.02. The Hall–Kier alpha value is -2.11. The zero-order valence-electron chi connectivity index (χ0n) is 10.2. The van der Waals surface area contributed by atoms with Crippen LogP contribution in [0.1, 0.15) is 21.5 Å². The molecule has 0 radical (unpaired) electrons. The van der Waals surface area contributed by atoms with Crippen LogP contribution in [0.5, 0.6) is 0 Å². The summed E-state index contributed by atoms with van der Waals surface area (Å²) in [7, 11) is 0. The zero-order valence-corrected chi connectivity index (χ0v) is 11.0. The predicted octanol–water partition coefficient (Wildman–Crippen LogP) is 4.02. The van der Waals surface area contributed by atoms with E-state index in [0.29, 0.717) is 0 Å². The molecule has 0 saturated carbocycles. The lowest BCUT2D eigenvalue weighted by atomic mass is 10.1. The Balaban J connectivity index is 2.24. The van der Waals surface area contributed by atoms with Crippen molar-refractivity contribution in [2.45, 2.75) is 6.92 Å². The lowest BCUT2D eigenvalue weighted by Gasteiger charge is -1.96. The fourth-order valence-corrected chi connectivity index (χ4v) is 1.68. The molecule has 2 rings (SSSR count). The first kappa shape index (κ1) is 13.3. The smallest absolute Gasteiger partial charge is 0.236 e. The van der Waals surface area contributed by atoms with Gasteiger partial charge in [-0.2, -0.15) is 0 Å². The first-order chi connectivity index (χ1) is 9.06. The van der Waals surface area contributed by atoms with Gasteiger partial charge in [0.25, 0.3) is 0 Å². The van der Waals surface area contributed by atoms with E-state index in [-0.39, 0.29) is 10.6 Å². The van der Waals surface area contributed by atoms with Crippen LogP contribution in [0, 0.1) is 24.6 Å². The number of ketones is 1. The number of carbonyl (C=O) groups excluding carboxylic acids is 1. The molecule has 0 aliphatic carbocycles. The van der Waals surface area contributed by atoms with E-state index in [2.05, 4.69) is 11.8 Å². The molecule has 3 heteroatoms. The van der Waals surface area contributed by atoms with Gasteiger partial charge in [-0.1, -0.05) is 29.7 Å². The number of benzene rings is 2. The SMILES string of the molecule is Cc1cccc(C#CC(=O)c2ccc(Cl)c(F)c2)c1. The number of rotatable bonds is 1. The van der Waals surface area contributed by atoms with E-state index in [4.69, 9.17) is 11.6 Å². The highest BCUT2D eigenvalue weighted by Gasteiger charge is 2.06. The number of carbonyl (C=O) groups is 1. The molecule has 0 saturated heterocycles.